The Labute approximate surface area is 124 Å². The molecule has 0 aromatic heterocycles. The molecule has 1 aliphatic rings. The van der Waals surface area contributed by atoms with Gasteiger partial charge in [-0.25, -0.2) is 0 Å². The maximum Gasteiger partial charge on any atom is 0.0792 e. The standard InChI is InChI=1S/C19H30O/c1-15(2)12-17-10-7-11-18(13-17)19(20)14-16-8-5-3-4-6-9-16/h7,10-11,13,15-16,19-20H,3-6,8-9,12,14H2,1-2H3. The molecule has 20 heavy (non-hydrogen) atoms. The van der Waals surface area contributed by atoms with Gasteiger partial charge in [0.05, 0.1) is 6.10 Å². The average Bonchev–Trinajstić information content (AvgIpc) is 2.67. The Kier molecular flexibility index (Phi) is 6.09. The van der Waals surface area contributed by atoms with Crippen LogP contribution in [0.5, 0.6) is 0 Å². The minimum absolute atomic E-state index is 0.273. The first-order valence-electron chi connectivity index (χ1n) is 8.42. The van der Waals surface area contributed by atoms with Crippen molar-refractivity contribution in [2.75, 3.05) is 0 Å². The van der Waals surface area contributed by atoms with Crippen LogP contribution in [0, 0.1) is 11.8 Å². The lowest BCUT2D eigenvalue weighted by molar-refractivity contribution is 0.139. The molecule has 112 valence electrons. The number of hydrogen-bond acceptors (Lipinski definition) is 1. The highest BCUT2D eigenvalue weighted by molar-refractivity contribution is 5.25. The molecule has 0 bridgehead atoms. The van der Waals surface area contributed by atoms with Gasteiger partial charge in [0.2, 0.25) is 0 Å². The molecule has 1 nitrogen and oxygen atoms in total. The summed E-state index contributed by atoms with van der Waals surface area (Å²) in [6.45, 7) is 4.49. The molecule has 1 aromatic carbocycles. The van der Waals surface area contributed by atoms with Gasteiger partial charge in [0.1, 0.15) is 0 Å². The van der Waals surface area contributed by atoms with Crippen LogP contribution in [0.15, 0.2) is 24.3 Å². The van der Waals surface area contributed by atoms with E-state index in [2.05, 4.69) is 38.1 Å². The summed E-state index contributed by atoms with van der Waals surface area (Å²) in [5.41, 5.74) is 2.48. The van der Waals surface area contributed by atoms with Crippen LogP contribution >= 0.6 is 0 Å². The van der Waals surface area contributed by atoms with E-state index < -0.39 is 0 Å². The van der Waals surface area contributed by atoms with Crippen molar-refractivity contribution in [3.63, 3.8) is 0 Å². The van der Waals surface area contributed by atoms with Crippen molar-refractivity contribution in [3.8, 4) is 0 Å². The minimum atomic E-state index is -0.273. The lowest BCUT2D eigenvalue weighted by Gasteiger charge is -2.19. The van der Waals surface area contributed by atoms with Crippen molar-refractivity contribution >= 4 is 0 Å². The number of rotatable bonds is 5. The van der Waals surface area contributed by atoms with Crippen LogP contribution in [0.25, 0.3) is 0 Å². The molecular formula is C19H30O. The zero-order chi connectivity index (χ0) is 14.4. The SMILES string of the molecule is CC(C)Cc1cccc(C(O)CC2CCCCCC2)c1. The summed E-state index contributed by atoms with van der Waals surface area (Å²) in [5.74, 6) is 1.39. The van der Waals surface area contributed by atoms with Crippen LogP contribution in [0.2, 0.25) is 0 Å². The van der Waals surface area contributed by atoms with E-state index in [1.165, 1.54) is 44.1 Å². The predicted octanol–water partition coefficient (Wildman–Crippen LogP) is 5.28. The van der Waals surface area contributed by atoms with Crippen LogP contribution in [-0.2, 0) is 6.42 Å². The number of aliphatic hydroxyl groups excluding tert-OH is 1. The summed E-state index contributed by atoms with van der Waals surface area (Å²) < 4.78 is 0. The quantitative estimate of drug-likeness (QED) is 0.724. The van der Waals surface area contributed by atoms with Crippen LogP contribution < -0.4 is 0 Å². The van der Waals surface area contributed by atoms with Crippen molar-refractivity contribution in [1.29, 1.82) is 0 Å². The Balaban J connectivity index is 1.95. The number of benzene rings is 1. The molecule has 0 spiro atoms. The Morgan fingerprint density at radius 3 is 2.45 bits per heavy atom. The van der Waals surface area contributed by atoms with Gasteiger partial charge in [0, 0.05) is 0 Å². The Hall–Kier alpha value is -0.820. The van der Waals surface area contributed by atoms with E-state index in [9.17, 15) is 5.11 Å². The molecule has 0 saturated heterocycles. The fourth-order valence-corrected chi connectivity index (χ4v) is 3.45. The largest absolute Gasteiger partial charge is 0.388 e. The Morgan fingerprint density at radius 1 is 1.10 bits per heavy atom. The van der Waals surface area contributed by atoms with Gasteiger partial charge < -0.3 is 5.11 Å². The Bertz CT molecular complexity index is 389. The normalized spacial score (nSPS) is 19.0. The molecule has 0 radical (unpaired) electrons. The highest BCUT2D eigenvalue weighted by Gasteiger charge is 2.18. The lowest BCUT2D eigenvalue weighted by Crippen LogP contribution is -2.07. The van der Waals surface area contributed by atoms with Gasteiger partial charge in [-0.1, -0.05) is 76.6 Å². The minimum Gasteiger partial charge on any atom is -0.388 e. The second-order valence-corrected chi connectivity index (χ2v) is 6.95. The first-order valence-corrected chi connectivity index (χ1v) is 8.42. The highest BCUT2D eigenvalue weighted by atomic mass is 16.3. The summed E-state index contributed by atoms with van der Waals surface area (Å²) in [5, 5.41) is 10.5. The van der Waals surface area contributed by atoms with Crippen molar-refractivity contribution in [2.45, 2.75) is 71.3 Å². The van der Waals surface area contributed by atoms with Gasteiger partial charge >= 0.3 is 0 Å². The molecule has 1 aliphatic carbocycles. The van der Waals surface area contributed by atoms with E-state index in [-0.39, 0.29) is 6.10 Å². The van der Waals surface area contributed by atoms with E-state index in [1.807, 2.05) is 0 Å². The zero-order valence-corrected chi connectivity index (χ0v) is 13.1. The zero-order valence-electron chi connectivity index (χ0n) is 13.1. The Morgan fingerprint density at radius 2 is 1.80 bits per heavy atom. The summed E-state index contributed by atoms with van der Waals surface area (Å²) >= 11 is 0. The summed E-state index contributed by atoms with van der Waals surface area (Å²) in [6.07, 6.45) is 9.87. The third-order valence-corrected chi connectivity index (χ3v) is 4.51. The molecule has 1 fully saturated rings. The number of hydrogen-bond donors (Lipinski definition) is 1. The fraction of sp³-hybridized carbons (Fsp3) is 0.684. The predicted molar refractivity (Wildman–Crippen MR) is 85.8 cm³/mol. The van der Waals surface area contributed by atoms with E-state index in [4.69, 9.17) is 0 Å². The summed E-state index contributed by atoms with van der Waals surface area (Å²) in [4.78, 5) is 0. The van der Waals surface area contributed by atoms with E-state index in [1.54, 1.807) is 0 Å². The molecule has 1 aromatic rings. The van der Waals surface area contributed by atoms with Crippen molar-refractivity contribution in [1.82, 2.24) is 0 Å². The maximum atomic E-state index is 10.5. The number of aliphatic hydroxyl groups is 1. The average molecular weight is 274 g/mol. The van der Waals surface area contributed by atoms with Gasteiger partial charge in [-0.2, -0.15) is 0 Å². The molecule has 0 aliphatic heterocycles. The van der Waals surface area contributed by atoms with E-state index >= 15 is 0 Å². The highest BCUT2D eigenvalue weighted by Crippen LogP contribution is 2.31. The van der Waals surface area contributed by atoms with Crippen LogP contribution in [0.1, 0.15) is 76.0 Å². The third kappa shape index (κ3) is 4.94. The summed E-state index contributed by atoms with van der Waals surface area (Å²) in [7, 11) is 0. The van der Waals surface area contributed by atoms with Gasteiger partial charge in [-0.05, 0) is 35.8 Å². The first-order chi connectivity index (χ1) is 9.65. The molecule has 1 unspecified atom stereocenters. The van der Waals surface area contributed by atoms with Crippen molar-refractivity contribution in [3.05, 3.63) is 35.4 Å². The first kappa shape index (κ1) is 15.6. The fourth-order valence-electron chi connectivity index (χ4n) is 3.45. The van der Waals surface area contributed by atoms with Crippen LogP contribution in [0.4, 0.5) is 0 Å². The molecule has 1 heteroatoms. The van der Waals surface area contributed by atoms with Gasteiger partial charge in [-0.15, -0.1) is 0 Å². The smallest absolute Gasteiger partial charge is 0.0792 e. The lowest BCUT2D eigenvalue weighted by atomic mass is 9.90. The second kappa shape index (κ2) is 7.83. The van der Waals surface area contributed by atoms with Crippen molar-refractivity contribution in [2.24, 2.45) is 11.8 Å². The maximum absolute atomic E-state index is 10.5. The van der Waals surface area contributed by atoms with E-state index in [0.717, 1.165) is 24.3 Å². The molecule has 1 saturated carbocycles. The monoisotopic (exact) mass is 274 g/mol. The van der Waals surface area contributed by atoms with Gasteiger partial charge in [0.15, 0.2) is 0 Å². The molecule has 1 N–H and O–H groups in total. The van der Waals surface area contributed by atoms with Gasteiger partial charge in [0.25, 0.3) is 0 Å². The third-order valence-electron chi connectivity index (χ3n) is 4.51. The van der Waals surface area contributed by atoms with Crippen LogP contribution in [0.3, 0.4) is 0 Å². The molecule has 0 heterocycles. The van der Waals surface area contributed by atoms with Gasteiger partial charge in [-0.3, -0.25) is 0 Å². The molecular weight excluding hydrogens is 244 g/mol. The second-order valence-electron chi connectivity index (χ2n) is 6.95. The van der Waals surface area contributed by atoms with Crippen molar-refractivity contribution < 1.29 is 5.11 Å². The molecule has 1 atom stereocenters. The topological polar surface area (TPSA) is 20.2 Å². The molecule has 2 rings (SSSR count). The van der Waals surface area contributed by atoms with Crippen LogP contribution in [-0.4, -0.2) is 5.11 Å². The molecule has 0 amide bonds. The van der Waals surface area contributed by atoms with E-state index in [0.29, 0.717) is 5.92 Å². The summed E-state index contributed by atoms with van der Waals surface area (Å²) in [6, 6.07) is 8.58.